The van der Waals surface area contributed by atoms with Crippen molar-refractivity contribution in [1.82, 2.24) is 10.6 Å². The van der Waals surface area contributed by atoms with Gasteiger partial charge >= 0.3 is 6.09 Å². The highest BCUT2D eigenvalue weighted by molar-refractivity contribution is 5.94. The monoisotopic (exact) mass is 367 g/mol. The number of carbonyl (C=O) groups is 2. The van der Waals surface area contributed by atoms with E-state index in [1.54, 1.807) is 13.1 Å². The van der Waals surface area contributed by atoms with E-state index in [4.69, 9.17) is 4.74 Å². The van der Waals surface area contributed by atoms with E-state index in [2.05, 4.69) is 29.8 Å². The fourth-order valence-corrected chi connectivity index (χ4v) is 3.29. The minimum Gasteiger partial charge on any atom is -0.445 e. The predicted octanol–water partition coefficient (Wildman–Crippen LogP) is 3.46. The van der Waals surface area contributed by atoms with Crippen LogP contribution in [0.4, 0.5) is 10.5 Å². The normalized spacial score (nSPS) is 20.8. The number of benzene rings is 2. The van der Waals surface area contributed by atoms with Gasteiger partial charge in [0.25, 0.3) is 5.91 Å². The largest absolute Gasteiger partial charge is 0.445 e. The molecule has 1 heterocycles. The molecular formula is C21H25N3O3. The molecule has 3 rings (SSSR count). The maximum absolute atomic E-state index is 12.4. The first kappa shape index (κ1) is 18.8. The summed E-state index contributed by atoms with van der Waals surface area (Å²) >= 11 is 0. The average molecular weight is 367 g/mol. The molecular weight excluding hydrogens is 342 g/mol. The van der Waals surface area contributed by atoms with Crippen LogP contribution in [-0.4, -0.2) is 25.1 Å². The molecule has 3 unspecified atom stereocenters. The molecule has 0 fully saturated rings. The summed E-state index contributed by atoms with van der Waals surface area (Å²) in [5, 5.41) is 9.04. The highest BCUT2D eigenvalue weighted by atomic mass is 16.5. The van der Waals surface area contributed by atoms with Gasteiger partial charge in [0.15, 0.2) is 0 Å². The lowest BCUT2D eigenvalue weighted by Crippen LogP contribution is -2.43. The Balaban J connectivity index is 1.77. The van der Waals surface area contributed by atoms with E-state index in [9.17, 15) is 9.59 Å². The molecule has 1 aliphatic heterocycles. The minimum absolute atomic E-state index is 0.127. The van der Waals surface area contributed by atoms with Gasteiger partial charge in [0.2, 0.25) is 0 Å². The molecule has 27 heavy (non-hydrogen) atoms. The first-order chi connectivity index (χ1) is 13.0. The van der Waals surface area contributed by atoms with Crippen molar-refractivity contribution in [3.63, 3.8) is 0 Å². The summed E-state index contributed by atoms with van der Waals surface area (Å²) < 4.78 is 5.38. The molecule has 0 saturated heterocycles. The van der Waals surface area contributed by atoms with Gasteiger partial charge in [-0.15, -0.1) is 0 Å². The number of anilines is 1. The van der Waals surface area contributed by atoms with Crippen molar-refractivity contribution in [3.8, 4) is 0 Å². The van der Waals surface area contributed by atoms with Gasteiger partial charge in [-0.25, -0.2) is 4.79 Å². The first-order valence-electron chi connectivity index (χ1n) is 9.09. The molecule has 2 amide bonds. The molecule has 1 aliphatic rings. The summed E-state index contributed by atoms with van der Waals surface area (Å²) in [5.41, 5.74) is 3.30. The van der Waals surface area contributed by atoms with Gasteiger partial charge in [-0.05, 0) is 36.2 Å². The molecule has 0 bridgehead atoms. The molecule has 6 nitrogen and oxygen atoms in total. The lowest BCUT2D eigenvalue weighted by Gasteiger charge is -2.37. The Morgan fingerprint density at radius 1 is 1.11 bits per heavy atom. The van der Waals surface area contributed by atoms with Crippen molar-refractivity contribution in [1.29, 1.82) is 0 Å². The van der Waals surface area contributed by atoms with Crippen LogP contribution in [0.2, 0.25) is 0 Å². The molecule has 0 aliphatic carbocycles. The standard InChI is InChI=1S/C21H25N3O3/c1-13-14(2)23-18-10-9-16(20(25)22-3)11-17(18)19(13)24-21(26)27-12-15-7-5-4-6-8-15/h4-11,13-14,19,23H,12H2,1-3H3,(H,22,25)(H,24,26). The summed E-state index contributed by atoms with van der Waals surface area (Å²) in [6, 6.07) is 15.0. The molecule has 0 saturated carbocycles. The topological polar surface area (TPSA) is 79.5 Å². The fourth-order valence-electron chi connectivity index (χ4n) is 3.29. The Morgan fingerprint density at radius 2 is 1.85 bits per heavy atom. The van der Waals surface area contributed by atoms with E-state index >= 15 is 0 Å². The summed E-state index contributed by atoms with van der Waals surface area (Å²) in [5.74, 6) is -0.0313. The number of amides is 2. The van der Waals surface area contributed by atoms with Crippen LogP contribution in [0.3, 0.4) is 0 Å². The summed E-state index contributed by atoms with van der Waals surface area (Å²) in [6.45, 7) is 4.35. The van der Waals surface area contributed by atoms with Crippen molar-refractivity contribution in [2.24, 2.45) is 5.92 Å². The maximum atomic E-state index is 12.4. The van der Waals surface area contributed by atoms with E-state index in [0.29, 0.717) is 5.56 Å². The van der Waals surface area contributed by atoms with Crippen LogP contribution < -0.4 is 16.0 Å². The van der Waals surface area contributed by atoms with Crippen LogP contribution in [0.15, 0.2) is 48.5 Å². The Labute approximate surface area is 159 Å². The summed E-state index contributed by atoms with van der Waals surface area (Å²) in [7, 11) is 1.60. The molecule has 2 aromatic rings. The van der Waals surface area contributed by atoms with Crippen LogP contribution >= 0.6 is 0 Å². The van der Waals surface area contributed by atoms with Crippen molar-refractivity contribution in [2.45, 2.75) is 32.5 Å². The van der Waals surface area contributed by atoms with Gasteiger partial charge in [0.05, 0.1) is 6.04 Å². The number of alkyl carbamates (subject to hydrolysis) is 1. The van der Waals surface area contributed by atoms with Crippen molar-refractivity contribution in [2.75, 3.05) is 12.4 Å². The molecule has 2 aromatic carbocycles. The van der Waals surface area contributed by atoms with Gasteiger partial charge < -0.3 is 20.7 Å². The average Bonchev–Trinajstić information content (AvgIpc) is 2.69. The molecule has 142 valence electrons. The van der Waals surface area contributed by atoms with Gasteiger partial charge in [0.1, 0.15) is 6.61 Å². The van der Waals surface area contributed by atoms with Gasteiger partial charge in [0, 0.05) is 30.3 Å². The van der Waals surface area contributed by atoms with E-state index in [1.165, 1.54) is 0 Å². The molecule has 0 radical (unpaired) electrons. The van der Waals surface area contributed by atoms with Gasteiger partial charge in [-0.2, -0.15) is 0 Å². The third-order valence-corrected chi connectivity index (χ3v) is 5.06. The lowest BCUT2D eigenvalue weighted by molar-refractivity contribution is 0.0963. The SMILES string of the molecule is CNC(=O)c1ccc2c(c1)C(NC(=O)OCc1ccccc1)C(C)C(C)N2. The number of hydrogen-bond acceptors (Lipinski definition) is 4. The molecule has 3 N–H and O–H groups in total. The van der Waals surface area contributed by atoms with Crippen molar-refractivity contribution >= 4 is 17.7 Å². The second-order valence-corrected chi connectivity index (χ2v) is 6.86. The van der Waals surface area contributed by atoms with E-state index in [0.717, 1.165) is 16.8 Å². The highest BCUT2D eigenvalue weighted by Crippen LogP contribution is 2.37. The molecule has 3 atom stereocenters. The smallest absolute Gasteiger partial charge is 0.407 e. The molecule has 0 spiro atoms. The van der Waals surface area contributed by atoms with Crippen molar-refractivity contribution < 1.29 is 14.3 Å². The van der Waals surface area contributed by atoms with E-state index in [-0.39, 0.29) is 30.5 Å². The lowest BCUT2D eigenvalue weighted by atomic mass is 9.84. The number of ether oxygens (including phenoxy) is 1. The first-order valence-corrected chi connectivity index (χ1v) is 9.09. The Bertz CT molecular complexity index is 823. The zero-order valence-corrected chi connectivity index (χ0v) is 15.8. The number of nitrogens with one attached hydrogen (secondary N) is 3. The zero-order chi connectivity index (χ0) is 19.4. The number of hydrogen-bond donors (Lipinski definition) is 3. The zero-order valence-electron chi connectivity index (χ0n) is 15.8. The summed E-state index contributed by atoms with van der Waals surface area (Å²) in [6.07, 6.45) is -0.471. The molecule has 0 aromatic heterocycles. The summed E-state index contributed by atoms with van der Waals surface area (Å²) in [4.78, 5) is 24.4. The van der Waals surface area contributed by atoms with Crippen molar-refractivity contribution in [3.05, 3.63) is 65.2 Å². The van der Waals surface area contributed by atoms with E-state index in [1.807, 2.05) is 42.5 Å². The maximum Gasteiger partial charge on any atom is 0.407 e. The Kier molecular flexibility index (Phi) is 5.64. The third-order valence-electron chi connectivity index (χ3n) is 5.06. The van der Waals surface area contributed by atoms with Gasteiger partial charge in [-0.1, -0.05) is 37.3 Å². The molecule has 6 heteroatoms. The van der Waals surface area contributed by atoms with Crippen LogP contribution in [0.5, 0.6) is 0 Å². The second-order valence-electron chi connectivity index (χ2n) is 6.86. The number of carbonyl (C=O) groups excluding carboxylic acids is 2. The third kappa shape index (κ3) is 4.22. The number of rotatable bonds is 4. The quantitative estimate of drug-likeness (QED) is 0.773. The van der Waals surface area contributed by atoms with Crippen LogP contribution in [0.25, 0.3) is 0 Å². The Morgan fingerprint density at radius 3 is 2.56 bits per heavy atom. The van der Waals surface area contributed by atoms with E-state index < -0.39 is 6.09 Å². The van der Waals surface area contributed by atoms with Crippen LogP contribution in [-0.2, 0) is 11.3 Å². The highest BCUT2D eigenvalue weighted by Gasteiger charge is 2.33. The second kappa shape index (κ2) is 8.12. The fraction of sp³-hybridized carbons (Fsp3) is 0.333. The van der Waals surface area contributed by atoms with Gasteiger partial charge in [-0.3, -0.25) is 4.79 Å². The number of fused-ring (bicyclic) bond motifs is 1. The minimum atomic E-state index is -0.471. The van der Waals surface area contributed by atoms with Crippen LogP contribution in [0, 0.1) is 5.92 Å². The Hall–Kier alpha value is -3.02. The predicted molar refractivity (Wildman–Crippen MR) is 105 cm³/mol. The van der Waals surface area contributed by atoms with Crippen LogP contribution in [0.1, 0.15) is 41.4 Å².